The third-order valence-corrected chi connectivity index (χ3v) is 3.78. The average molecular weight is 229 g/mol. The molecule has 80 valence electrons. The lowest BCUT2D eigenvalue weighted by Crippen LogP contribution is -2.24. The fourth-order valence-corrected chi connectivity index (χ4v) is 2.97. The quantitative estimate of drug-likeness (QED) is 0.599. The second-order valence-corrected chi connectivity index (χ2v) is 4.96. The van der Waals surface area contributed by atoms with Crippen molar-refractivity contribution >= 4 is 28.8 Å². The zero-order valence-corrected chi connectivity index (χ0v) is 9.34. The number of nitrogen functional groups attached to an aromatic ring is 1. The largest absolute Gasteiger partial charge is 0.399 e. The highest BCUT2D eigenvalue weighted by Crippen LogP contribution is 2.42. The smallest absolute Gasteiger partial charge is 0.0765 e. The highest BCUT2D eigenvalue weighted by atomic mass is 32.2. The molecular weight excluding hydrogens is 218 g/mol. The molecule has 0 radical (unpaired) electrons. The van der Waals surface area contributed by atoms with Crippen LogP contribution in [-0.4, -0.2) is 11.8 Å². The maximum atomic E-state index is 7.61. The van der Waals surface area contributed by atoms with Gasteiger partial charge in [0.05, 0.1) is 11.8 Å². The molecule has 0 fully saturated rings. The SMILES string of the molecule is N=C1C=CC2Nc3ccc(N)cc3SC2=C1. The summed E-state index contributed by atoms with van der Waals surface area (Å²) < 4.78 is 0. The number of benzene rings is 1. The van der Waals surface area contributed by atoms with Crippen LogP contribution in [-0.2, 0) is 0 Å². The molecule has 1 aliphatic carbocycles. The van der Waals surface area contributed by atoms with E-state index in [-0.39, 0.29) is 6.04 Å². The number of anilines is 2. The third-order valence-electron chi connectivity index (χ3n) is 2.62. The Morgan fingerprint density at radius 3 is 3.12 bits per heavy atom. The molecule has 1 aromatic rings. The minimum atomic E-state index is 0.204. The van der Waals surface area contributed by atoms with Crippen LogP contribution in [0.4, 0.5) is 11.4 Å². The first-order valence-electron chi connectivity index (χ1n) is 5.04. The van der Waals surface area contributed by atoms with Gasteiger partial charge >= 0.3 is 0 Å². The Morgan fingerprint density at radius 2 is 2.25 bits per heavy atom. The van der Waals surface area contributed by atoms with Gasteiger partial charge in [-0.15, -0.1) is 0 Å². The van der Waals surface area contributed by atoms with Gasteiger partial charge < -0.3 is 16.5 Å². The second kappa shape index (κ2) is 3.42. The van der Waals surface area contributed by atoms with E-state index in [1.165, 1.54) is 0 Å². The first kappa shape index (κ1) is 9.54. The van der Waals surface area contributed by atoms with Crippen LogP contribution in [0.15, 0.2) is 46.2 Å². The highest BCUT2D eigenvalue weighted by molar-refractivity contribution is 8.03. The Morgan fingerprint density at radius 1 is 1.38 bits per heavy atom. The van der Waals surface area contributed by atoms with Crippen molar-refractivity contribution in [2.75, 3.05) is 11.1 Å². The molecule has 16 heavy (non-hydrogen) atoms. The summed E-state index contributed by atoms with van der Waals surface area (Å²) in [5, 5.41) is 11.0. The molecule has 0 saturated carbocycles. The van der Waals surface area contributed by atoms with Gasteiger partial charge in [-0.3, -0.25) is 0 Å². The molecule has 3 nitrogen and oxygen atoms in total. The lowest BCUT2D eigenvalue weighted by atomic mass is 10.1. The molecule has 3 rings (SSSR count). The maximum absolute atomic E-state index is 7.61. The second-order valence-electron chi connectivity index (χ2n) is 3.84. The lowest BCUT2D eigenvalue weighted by molar-refractivity contribution is 1.05. The van der Waals surface area contributed by atoms with Gasteiger partial charge in [0.25, 0.3) is 0 Å². The Kier molecular flexibility index (Phi) is 2.04. The standard InChI is InChI=1S/C12H11N3S/c13-7-1-3-9-11(5-7)16-12-6-8(14)2-4-10(12)15-9/h1-6,9,13,15H,14H2. The van der Waals surface area contributed by atoms with Crippen molar-refractivity contribution in [3.05, 3.63) is 41.3 Å². The zero-order chi connectivity index (χ0) is 11.1. The van der Waals surface area contributed by atoms with E-state index in [9.17, 15) is 0 Å². The number of allylic oxidation sites excluding steroid dienone is 2. The number of hydrogen-bond donors (Lipinski definition) is 3. The predicted octanol–water partition coefficient (Wildman–Crippen LogP) is 2.63. The third kappa shape index (κ3) is 1.51. The van der Waals surface area contributed by atoms with E-state index >= 15 is 0 Å². The van der Waals surface area contributed by atoms with E-state index < -0.39 is 0 Å². The molecule has 4 N–H and O–H groups in total. The summed E-state index contributed by atoms with van der Waals surface area (Å²) in [7, 11) is 0. The van der Waals surface area contributed by atoms with E-state index in [0.29, 0.717) is 5.71 Å². The molecular formula is C12H11N3S. The Bertz CT molecular complexity index is 531. The van der Waals surface area contributed by atoms with Gasteiger partial charge in [-0.1, -0.05) is 17.8 Å². The van der Waals surface area contributed by atoms with Crippen molar-refractivity contribution in [2.45, 2.75) is 10.9 Å². The van der Waals surface area contributed by atoms with Crippen LogP contribution in [0, 0.1) is 5.41 Å². The first-order chi connectivity index (χ1) is 7.72. The van der Waals surface area contributed by atoms with Crippen molar-refractivity contribution in [3.63, 3.8) is 0 Å². The fourth-order valence-electron chi connectivity index (χ4n) is 1.84. The summed E-state index contributed by atoms with van der Waals surface area (Å²) in [4.78, 5) is 2.29. The van der Waals surface area contributed by atoms with Crippen LogP contribution in [0.3, 0.4) is 0 Å². The molecule has 0 bridgehead atoms. The van der Waals surface area contributed by atoms with Gasteiger partial charge in [0.15, 0.2) is 0 Å². The molecule has 0 saturated heterocycles. The minimum absolute atomic E-state index is 0.204. The first-order valence-corrected chi connectivity index (χ1v) is 5.86. The number of rotatable bonds is 0. The minimum Gasteiger partial charge on any atom is -0.399 e. The Labute approximate surface area is 97.9 Å². The van der Waals surface area contributed by atoms with Crippen LogP contribution < -0.4 is 11.1 Å². The van der Waals surface area contributed by atoms with Crippen molar-refractivity contribution in [3.8, 4) is 0 Å². The molecule has 1 aliphatic heterocycles. The van der Waals surface area contributed by atoms with Crippen molar-refractivity contribution in [1.29, 1.82) is 5.41 Å². The molecule has 0 aromatic heterocycles. The van der Waals surface area contributed by atoms with Crippen molar-refractivity contribution < 1.29 is 0 Å². The number of hydrogen-bond acceptors (Lipinski definition) is 4. The zero-order valence-electron chi connectivity index (χ0n) is 8.53. The van der Waals surface area contributed by atoms with Crippen LogP contribution >= 0.6 is 11.8 Å². The summed E-state index contributed by atoms with van der Waals surface area (Å²) in [5.41, 5.74) is 8.19. The Balaban J connectivity index is 2.04. The van der Waals surface area contributed by atoms with Gasteiger partial charge in [0.2, 0.25) is 0 Å². The van der Waals surface area contributed by atoms with Gasteiger partial charge in [0.1, 0.15) is 0 Å². The number of nitrogens with one attached hydrogen (secondary N) is 2. The van der Waals surface area contributed by atoms with E-state index in [4.69, 9.17) is 11.1 Å². The maximum Gasteiger partial charge on any atom is 0.0765 e. The lowest BCUT2D eigenvalue weighted by Gasteiger charge is -2.28. The molecule has 0 amide bonds. The summed E-state index contributed by atoms with van der Waals surface area (Å²) in [6, 6.07) is 6.07. The predicted molar refractivity (Wildman–Crippen MR) is 69.1 cm³/mol. The van der Waals surface area contributed by atoms with Gasteiger partial charge in [-0.2, -0.15) is 0 Å². The van der Waals surface area contributed by atoms with E-state index in [1.54, 1.807) is 11.8 Å². The Hall–Kier alpha value is -1.68. The summed E-state index contributed by atoms with van der Waals surface area (Å²) in [6.45, 7) is 0. The van der Waals surface area contributed by atoms with Gasteiger partial charge in [-0.05, 0) is 30.4 Å². The topological polar surface area (TPSA) is 61.9 Å². The summed E-state index contributed by atoms with van der Waals surface area (Å²) >= 11 is 1.69. The molecule has 1 aromatic carbocycles. The molecule has 4 heteroatoms. The molecule has 1 atom stereocenters. The van der Waals surface area contributed by atoms with Crippen LogP contribution in [0.5, 0.6) is 0 Å². The monoisotopic (exact) mass is 229 g/mol. The molecule has 2 aliphatic rings. The average Bonchev–Trinajstić information content (AvgIpc) is 2.26. The summed E-state index contributed by atoms with van der Waals surface area (Å²) in [6.07, 6.45) is 5.74. The number of thioether (sulfide) groups is 1. The van der Waals surface area contributed by atoms with Crippen molar-refractivity contribution in [2.24, 2.45) is 0 Å². The summed E-state index contributed by atoms with van der Waals surface area (Å²) in [5.74, 6) is 0. The fraction of sp³-hybridized carbons (Fsp3) is 0.0833. The molecule has 1 heterocycles. The number of nitrogens with two attached hydrogens (primary N) is 1. The molecule has 0 spiro atoms. The van der Waals surface area contributed by atoms with Gasteiger partial charge in [-0.25, -0.2) is 0 Å². The van der Waals surface area contributed by atoms with Gasteiger partial charge in [0, 0.05) is 21.2 Å². The van der Waals surface area contributed by atoms with E-state index in [0.717, 1.165) is 21.2 Å². The van der Waals surface area contributed by atoms with Crippen LogP contribution in [0.25, 0.3) is 0 Å². The van der Waals surface area contributed by atoms with E-state index in [1.807, 2.05) is 36.4 Å². The van der Waals surface area contributed by atoms with Crippen LogP contribution in [0.2, 0.25) is 0 Å². The number of fused-ring (bicyclic) bond motifs is 2. The molecule has 1 unspecified atom stereocenters. The normalized spacial score (nSPS) is 21.9. The van der Waals surface area contributed by atoms with Crippen LogP contribution in [0.1, 0.15) is 0 Å². The van der Waals surface area contributed by atoms with Crippen molar-refractivity contribution in [1.82, 2.24) is 0 Å². The highest BCUT2D eigenvalue weighted by Gasteiger charge is 2.23. The van der Waals surface area contributed by atoms with E-state index in [2.05, 4.69) is 5.32 Å².